The molecule has 1 aromatic carbocycles. The van der Waals surface area contributed by atoms with E-state index in [2.05, 4.69) is 0 Å². The van der Waals surface area contributed by atoms with Gasteiger partial charge >= 0.3 is 0 Å². The summed E-state index contributed by atoms with van der Waals surface area (Å²) in [4.78, 5) is 4.83. The molecule has 1 fully saturated rings. The molecule has 2 heterocycles. The monoisotopic (exact) mass is 299 g/mol. The van der Waals surface area contributed by atoms with Crippen molar-refractivity contribution in [2.45, 2.75) is 38.3 Å². The van der Waals surface area contributed by atoms with Gasteiger partial charge in [0.25, 0.3) is 0 Å². The normalized spacial score (nSPS) is 16.7. The molecule has 2 aromatic heterocycles. The predicted molar refractivity (Wildman–Crippen MR) is 84.9 cm³/mol. The molecule has 108 valence electrons. The van der Waals surface area contributed by atoms with Gasteiger partial charge in [-0.25, -0.2) is 9.67 Å². The van der Waals surface area contributed by atoms with E-state index in [1.807, 2.05) is 40.3 Å². The number of nitrogens with zero attached hydrogens (tertiary/aromatic N) is 4. The van der Waals surface area contributed by atoms with E-state index in [0.29, 0.717) is 17.2 Å². The topological polar surface area (TPSA) is 61.1 Å². The highest BCUT2D eigenvalue weighted by Gasteiger charge is 2.29. The minimum Gasteiger partial charge on any atom is -0.326 e. The minimum absolute atomic E-state index is 0.0187. The summed E-state index contributed by atoms with van der Waals surface area (Å²) in [6.07, 6.45) is 2.36. The lowest BCUT2D eigenvalue weighted by Crippen LogP contribution is -2.22. The fourth-order valence-corrected chi connectivity index (χ4v) is 3.02. The molecule has 4 rings (SSSR count). The van der Waals surface area contributed by atoms with Gasteiger partial charge in [0.15, 0.2) is 5.65 Å². The Morgan fingerprint density at radius 1 is 1.38 bits per heavy atom. The number of benzene rings is 1. The van der Waals surface area contributed by atoms with E-state index in [0.717, 1.165) is 22.4 Å². The lowest BCUT2D eigenvalue weighted by Gasteiger charge is -2.05. The second kappa shape index (κ2) is 4.61. The number of fused-ring (bicyclic) bond motifs is 3. The molecule has 1 unspecified atom stereocenters. The van der Waals surface area contributed by atoms with Crippen molar-refractivity contribution in [1.29, 1.82) is 0 Å². The lowest BCUT2D eigenvalue weighted by atomic mass is 10.2. The van der Waals surface area contributed by atoms with Crippen molar-refractivity contribution in [2.24, 2.45) is 5.73 Å². The van der Waals surface area contributed by atoms with Crippen molar-refractivity contribution in [3.63, 3.8) is 0 Å². The molecule has 5 nitrogen and oxygen atoms in total. The highest BCUT2D eigenvalue weighted by atomic mass is 32.1. The minimum atomic E-state index is 0.0187. The third kappa shape index (κ3) is 2.06. The van der Waals surface area contributed by atoms with E-state index in [1.54, 1.807) is 0 Å². The van der Waals surface area contributed by atoms with Crippen LogP contribution in [0.3, 0.4) is 0 Å². The van der Waals surface area contributed by atoms with E-state index in [-0.39, 0.29) is 6.04 Å². The van der Waals surface area contributed by atoms with E-state index in [9.17, 15) is 0 Å². The summed E-state index contributed by atoms with van der Waals surface area (Å²) < 4.78 is 4.56. The molecular weight excluding hydrogens is 282 g/mol. The largest absolute Gasteiger partial charge is 0.326 e. The number of nitrogens with two attached hydrogens (primary N) is 1. The molecule has 3 aromatic rings. The summed E-state index contributed by atoms with van der Waals surface area (Å²) in [5, 5.41) is 5.75. The Kier molecular flexibility index (Phi) is 2.83. The summed E-state index contributed by atoms with van der Waals surface area (Å²) in [6, 6.07) is 8.12. The number of hydrogen-bond donors (Lipinski definition) is 1. The third-order valence-electron chi connectivity index (χ3n) is 3.85. The van der Waals surface area contributed by atoms with Gasteiger partial charge < -0.3 is 5.73 Å². The fraction of sp³-hybridized carbons (Fsp3) is 0.400. The van der Waals surface area contributed by atoms with Gasteiger partial charge in [-0.15, -0.1) is 0 Å². The number of aromatic nitrogens is 4. The summed E-state index contributed by atoms with van der Waals surface area (Å²) in [7, 11) is 0. The Labute approximate surface area is 127 Å². The zero-order chi connectivity index (χ0) is 14.6. The molecule has 0 saturated heterocycles. The van der Waals surface area contributed by atoms with Crippen LogP contribution in [0.1, 0.15) is 31.5 Å². The maximum atomic E-state index is 5.91. The van der Waals surface area contributed by atoms with Gasteiger partial charge in [-0.05, 0) is 44.1 Å². The quantitative estimate of drug-likeness (QED) is 0.755. The van der Waals surface area contributed by atoms with Crippen LogP contribution in [0.25, 0.3) is 16.6 Å². The molecule has 1 aliphatic carbocycles. The number of para-hydroxylation sites is 1. The van der Waals surface area contributed by atoms with Crippen molar-refractivity contribution in [1.82, 2.24) is 19.2 Å². The summed E-state index contributed by atoms with van der Waals surface area (Å²) in [5.41, 5.74) is 7.79. The Hall–Kier alpha value is -1.79. The molecule has 1 aliphatic rings. The first-order valence-corrected chi connectivity index (χ1v) is 7.70. The van der Waals surface area contributed by atoms with Crippen LogP contribution in [0.2, 0.25) is 0 Å². The van der Waals surface area contributed by atoms with E-state index >= 15 is 0 Å². The highest BCUT2D eigenvalue weighted by Crippen LogP contribution is 2.40. The van der Waals surface area contributed by atoms with Crippen LogP contribution in [0.15, 0.2) is 24.3 Å². The van der Waals surface area contributed by atoms with Crippen LogP contribution >= 0.6 is 12.2 Å². The molecule has 0 amide bonds. The molecule has 2 N–H and O–H groups in total. The second-order valence-electron chi connectivity index (χ2n) is 5.86. The molecule has 0 radical (unpaired) electrons. The SMILES string of the molecule is CC(N)Cn1nc2c3ccccc3nc(C3CC3)n2c1=S. The second-order valence-corrected chi connectivity index (χ2v) is 6.23. The number of rotatable bonds is 3. The van der Waals surface area contributed by atoms with Gasteiger partial charge in [0.2, 0.25) is 4.77 Å². The molecule has 21 heavy (non-hydrogen) atoms. The first kappa shape index (κ1) is 12.9. The van der Waals surface area contributed by atoms with Crippen molar-refractivity contribution < 1.29 is 0 Å². The van der Waals surface area contributed by atoms with Crippen LogP contribution in [-0.4, -0.2) is 25.2 Å². The molecule has 0 bridgehead atoms. The number of hydrogen-bond acceptors (Lipinski definition) is 4. The Balaban J connectivity index is 2.10. The van der Waals surface area contributed by atoms with E-state index in [4.69, 9.17) is 28.0 Å². The van der Waals surface area contributed by atoms with Crippen LogP contribution in [0.4, 0.5) is 0 Å². The van der Waals surface area contributed by atoms with Crippen molar-refractivity contribution in [2.75, 3.05) is 0 Å². The van der Waals surface area contributed by atoms with Gasteiger partial charge in [0.1, 0.15) is 5.82 Å². The average Bonchev–Trinajstić information content (AvgIpc) is 3.25. The van der Waals surface area contributed by atoms with Crippen LogP contribution in [-0.2, 0) is 6.54 Å². The van der Waals surface area contributed by atoms with Crippen LogP contribution in [0.5, 0.6) is 0 Å². The molecule has 1 atom stereocenters. The van der Waals surface area contributed by atoms with Crippen LogP contribution in [0, 0.1) is 4.77 Å². The van der Waals surface area contributed by atoms with Gasteiger partial charge in [-0.1, -0.05) is 12.1 Å². The van der Waals surface area contributed by atoms with Crippen molar-refractivity contribution >= 4 is 28.8 Å². The maximum absolute atomic E-state index is 5.91. The average molecular weight is 299 g/mol. The Bertz CT molecular complexity index is 888. The fourth-order valence-electron chi connectivity index (χ4n) is 2.73. The van der Waals surface area contributed by atoms with E-state index < -0.39 is 0 Å². The Morgan fingerprint density at radius 3 is 2.86 bits per heavy atom. The van der Waals surface area contributed by atoms with Gasteiger partial charge in [0.05, 0.1) is 12.1 Å². The predicted octanol–water partition coefficient (Wildman–Crippen LogP) is 2.64. The van der Waals surface area contributed by atoms with Crippen molar-refractivity contribution in [3.05, 3.63) is 34.9 Å². The van der Waals surface area contributed by atoms with E-state index in [1.165, 1.54) is 12.8 Å². The molecule has 0 aliphatic heterocycles. The molecular formula is C15H17N5S. The van der Waals surface area contributed by atoms with Gasteiger partial charge in [-0.3, -0.25) is 4.40 Å². The van der Waals surface area contributed by atoms with Gasteiger partial charge in [0, 0.05) is 17.3 Å². The maximum Gasteiger partial charge on any atom is 0.203 e. The molecule has 1 saturated carbocycles. The highest BCUT2D eigenvalue weighted by molar-refractivity contribution is 7.71. The zero-order valence-corrected chi connectivity index (χ0v) is 12.7. The van der Waals surface area contributed by atoms with Crippen LogP contribution < -0.4 is 5.73 Å². The molecule has 6 heteroatoms. The summed E-state index contributed by atoms with van der Waals surface area (Å²) >= 11 is 5.61. The summed E-state index contributed by atoms with van der Waals surface area (Å²) in [5.74, 6) is 1.56. The van der Waals surface area contributed by atoms with Crippen molar-refractivity contribution in [3.8, 4) is 0 Å². The first-order chi connectivity index (χ1) is 10.1. The smallest absolute Gasteiger partial charge is 0.203 e. The molecule has 0 spiro atoms. The Morgan fingerprint density at radius 2 is 2.14 bits per heavy atom. The standard InChI is InChI=1S/C15H17N5S/c1-9(16)8-19-15(21)20-13(10-6-7-10)17-12-5-3-2-4-11(12)14(20)18-19/h2-5,9-10H,6-8,16H2,1H3. The summed E-state index contributed by atoms with van der Waals surface area (Å²) in [6.45, 7) is 2.59. The van der Waals surface area contributed by atoms with Gasteiger partial charge in [-0.2, -0.15) is 5.10 Å². The lowest BCUT2D eigenvalue weighted by molar-refractivity contribution is 0.532. The first-order valence-electron chi connectivity index (χ1n) is 7.29. The third-order valence-corrected chi connectivity index (χ3v) is 4.25. The zero-order valence-electron chi connectivity index (χ0n) is 11.9.